The van der Waals surface area contributed by atoms with Crippen LogP contribution in [0.15, 0.2) is 12.2 Å². The highest BCUT2D eigenvalue weighted by atomic mass is 16.6. The molecule has 2 saturated heterocycles. The minimum atomic E-state index is -0.604. The van der Waals surface area contributed by atoms with Crippen molar-refractivity contribution in [1.29, 1.82) is 0 Å². The van der Waals surface area contributed by atoms with Crippen molar-refractivity contribution in [3.05, 3.63) is 12.2 Å². The molecule has 4 aliphatic rings. The lowest BCUT2D eigenvalue weighted by molar-refractivity contribution is -0.147. The summed E-state index contributed by atoms with van der Waals surface area (Å²) in [5.74, 6) is -0.783. The molecule has 4 rings (SSSR count). The summed E-state index contributed by atoms with van der Waals surface area (Å²) in [5.41, 5.74) is 0.372. The van der Waals surface area contributed by atoms with E-state index in [-0.39, 0.29) is 35.7 Å². The predicted octanol–water partition coefficient (Wildman–Crippen LogP) is 0.251. The largest absolute Gasteiger partial charge is 0.461 e. The second kappa shape index (κ2) is 3.84. The SMILES string of the molecule is C=C1CC(O)C2C(C)C(=O)OC2C2C1CC(O)C21CO1. The Morgan fingerprint density at radius 3 is 2.75 bits per heavy atom. The van der Waals surface area contributed by atoms with Crippen LogP contribution in [0.2, 0.25) is 0 Å². The fraction of sp³-hybridized carbons (Fsp3) is 0.800. The Hall–Kier alpha value is -0.910. The Labute approximate surface area is 117 Å². The lowest BCUT2D eigenvalue weighted by Crippen LogP contribution is -2.43. The number of aliphatic hydroxyl groups excluding tert-OH is 2. The summed E-state index contributed by atoms with van der Waals surface area (Å²) in [4.78, 5) is 11.9. The Bertz CT molecular complexity index is 483. The van der Waals surface area contributed by atoms with E-state index in [0.29, 0.717) is 19.4 Å². The molecule has 0 amide bonds. The number of ether oxygens (including phenoxy) is 2. The van der Waals surface area contributed by atoms with Gasteiger partial charge in [-0.1, -0.05) is 19.1 Å². The molecule has 110 valence electrons. The van der Waals surface area contributed by atoms with Crippen LogP contribution in [-0.2, 0) is 14.3 Å². The number of carbonyl (C=O) groups is 1. The Morgan fingerprint density at radius 2 is 2.10 bits per heavy atom. The van der Waals surface area contributed by atoms with E-state index >= 15 is 0 Å². The number of hydrogen-bond donors (Lipinski definition) is 2. The molecule has 2 aliphatic carbocycles. The predicted molar refractivity (Wildman–Crippen MR) is 68.6 cm³/mol. The number of hydrogen-bond acceptors (Lipinski definition) is 5. The lowest BCUT2D eigenvalue weighted by atomic mass is 9.77. The van der Waals surface area contributed by atoms with Crippen LogP contribution in [0.5, 0.6) is 0 Å². The van der Waals surface area contributed by atoms with Gasteiger partial charge in [-0.2, -0.15) is 0 Å². The molecule has 0 aromatic heterocycles. The van der Waals surface area contributed by atoms with Gasteiger partial charge in [0.1, 0.15) is 11.7 Å². The number of carbonyl (C=O) groups excluding carboxylic acids is 1. The average molecular weight is 280 g/mol. The van der Waals surface area contributed by atoms with Crippen molar-refractivity contribution < 1.29 is 24.5 Å². The van der Waals surface area contributed by atoms with E-state index in [1.165, 1.54) is 0 Å². The molecule has 2 aliphatic heterocycles. The van der Waals surface area contributed by atoms with E-state index in [2.05, 4.69) is 6.58 Å². The third-order valence-corrected chi connectivity index (χ3v) is 5.89. The summed E-state index contributed by atoms with van der Waals surface area (Å²) in [6.45, 7) is 6.42. The van der Waals surface area contributed by atoms with Gasteiger partial charge in [-0.15, -0.1) is 0 Å². The van der Waals surface area contributed by atoms with Crippen molar-refractivity contribution >= 4 is 5.97 Å². The van der Waals surface area contributed by atoms with Crippen molar-refractivity contribution in [3.63, 3.8) is 0 Å². The van der Waals surface area contributed by atoms with Gasteiger partial charge >= 0.3 is 5.97 Å². The molecule has 0 aromatic rings. The van der Waals surface area contributed by atoms with E-state index in [9.17, 15) is 15.0 Å². The first-order valence-corrected chi connectivity index (χ1v) is 7.34. The van der Waals surface area contributed by atoms with Crippen LogP contribution >= 0.6 is 0 Å². The molecular formula is C15H20O5. The first-order chi connectivity index (χ1) is 9.45. The average Bonchev–Trinajstić information content (AvgIpc) is 3.05. The van der Waals surface area contributed by atoms with Crippen molar-refractivity contribution in [3.8, 4) is 0 Å². The summed E-state index contributed by atoms with van der Waals surface area (Å²) < 4.78 is 11.2. The zero-order valence-electron chi connectivity index (χ0n) is 11.5. The molecule has 8 unspecified atom stereocenters. The van der Waals surface area contributed by atoms with Crippen LogP contribution in [0.1, 0.15) is 19.8 Å². The third kappa shape index (κ3) is 1.41. The highest BCUT2D eigenvalue weighted by Crippen LogP contribution is 2.59. The van der Waals surface area contributed by atoms with Crippen molar-refractivity contribution in [1.82, 2.24) is 0 Å². The Balaban J connectivity index is 1.78. The molecule has 1 spiro atoms. The molecule has 5 heteroatoms. The quantitative estimate of drug-likeness (QED) is 0.378. The number of fused-ring (bicyclic) bond motifs is 4. The van der Waals surface area contributed by atoms with Gasteiger partial charge in [0, 0.05) is 11.8 Å². The van der Waals surface area contributed by atoms with Crippen LogP contribution < -0.4 is 0 Å². The van der Waals surface area contributed by atoms with Crippen molar-refractivity contribution in [2.24, 2.45) is 23.7 Å². The molecule has 0 bridgehead atoms. The zero-order valence-corrected chi connectivity index (χ0v) is 11.5. The lowest BCUT2D eigenvalue weighted by Gasteiger charge is -2.30. The molecule has 0 radical (unpaired) electrons. The highest BCUT2D eigenvalue weighted by molar-refractivity contribution is 5.75. The Morgan fingerprint density at radius 1 is 1.40 bits per heavy atom. The molecule has 2 N–H and O–H groups in total. The van der Waals surface area contributed by atoms with Crippen LogP contribution in [-0.4, -0.2) is 46.7 Å². The van der Waals surface area contributed by atoms with E-state index in [1.807, 2.05) is 6.92 Å². The van der Waals surface area contributed by atoms with Gasteiger partial charge in [-0.25, -0.2) is 0 Å². The highest BCUT2D eigenvalue weighted by Gasteiger charge is 2.70. The molecule has 0 aromatic carbocycles. The van der Waals surface area contributed by atoms with E-state index in [0.717, 1.165) is 5.57 Å². The number of aliphatic hydroxyl groups is 2. The third-order valence-electron chi connectivity index (χ3n) is 5.89. The zero-order chi connectivity index (χ0) is 14.2. The van der Waals surface area contributed by atoms with Crippen molar-refractivity contribution in [2.75, 3.05) is 6.61 Å². The minimum absolute atomic E-state index is 0.0650. The van der Waals surface area contributed by atoms with Gasteiger partial charge in [0.15, 0.2) is 0 Å². The van der Waals surface area contributed by atoms with Crippen LogP contribution in [0.4, 0.5) is 0 Å². The monoisotopic (exact) mass is 280 g/mol. The fourth-order valence-corrected chi connectivity index (χ4v) is 4.73. The topological polar surface area (TPSA) is 79.3 Å². The first-order valence-electron chi connectivity index (χ1n) is 7.34. The standard InChI is InChI=1S/C15H20O5/c1-6-3-9(16)11-7(2)14(18)20-13(11)12-8(6)4-10(17)15(12)5-19-15/h7-13,16-17H,1,3-5H2,2H3. The number of rotatable bonds is 0. The van der Waals surface area contributed by atoms with E-state index in [4.69, 9.17) is 9.47 Å². The molecule has 2 saturated carbocycles. The maximum absolute atomic E-state index is 11.9. The Kier molecular flexibility index (Phi) is 2.46. The molecule has 20 heavy (non-hydrogen) atoms. The minimum Gasteiger partial charge on any atom is -0.461 e. The van der Waals surface area contributed by atoms with Crippen LogP contribution in [0.3, 0.4) is 0 Å². The van der Waals surface area contributed by atoms with Gasteiger partial charge in [0.25, 0.3) is 0 Å². The number of esters is 1. The summed E-state index contributed by atoms with van der Waals surface area (Å²) >= 11 is 0. The van der Waals surface area contributed by atoms with Gasteiger partial charge in [-0.05, 0) is 18.8 Å². The van der Waals surface area contributed by atoms with Crippen LogP contribution in [0.25, 0.3) is 0 Å². The normalized spacial score (nSPS) is 57.2. The second-order valence-electron chi connectivity index (χ2n) is 6.82. The molecular weight excluding hydrogens is 260 g/mol. The van der Waals surface area contributed by atoms with Gasteiger partial charge < -0.3 is 19.7 Å². The fourth-order valence-electron chi connectivity index (χ4n) is 4.73. The summed E-state index contributed by atoms with van der Waals surface area (Å²) in [6.07, 6.45) is -0.430. The molecule has 4 fully saturated rings. The first kappa shape index (κ1) is 12.8. The second-order valence-corrected chi connectivity index (χ2v) is 6.82. The van der Waals surface area contributed by atoms with E-state index < -0.39 is 17.8 Å². The summed E-state index contributed by atoms with van der Waals surface area (Å²) in [7, 11) is 0. The van der Waals surface area contributed by atoms with Crippen LogP contribution in [0, 0.1) is 23.7 Å². The van der Waals surface area contributed by atoms with E-state index in [1.54, 1.807) is 0 Å². The molecule has 8 atom stereocenters. The molecule has 2 heterocycles. The molecule has 5 nitrogen and oxygen atoms in total. The smallest absolute Gasteiger partial charge is 0.309 e. The van der Waals surface area contributed by atoms with Gasteiger partial charge in [-0.3, -0.25) is 4.79 Å². The van der Waals surface area contributed by atoms with Crippen molar-refractivity contribution in [2.45, 2.75) is 43.7 Å². The summed E-state index contributed by atoms with van der Waals surface area (Å²) in [6, 6.07) is 0. The van der Waals surface area contributed by atoms with Gasteiger partial charge in [0.05, 0.1) is 24.7 Å². The van der Waals surface area contributed by atoms with Gasteiger partial charge in [0.2, 0.25) is 0 Å². The number of epoxide rings is 1. The maximum Gasteiger partial charge on any atom is 0.309 e. The maximum atomic E-state index is 11.9. The summed E-state index contributed by atoms with van der Waals surface area (Å²) in [5, 5.41) is 20.7.